The van der Waals surface area contributed by atoms with Crippen molar-refractivity contribution in [2.45, 2.75) is 44.1 Å². The van der Waals surface area contributed by atoms with E-state index in [-0.39, 0.29) is 5.69 Å². The van der Waals surface area contributed by atoms with Crippen molar-refractivity contribution in [2.75, 3.05) is 21.3 Å². The molecular formula is C30H31ClN4O5. The second-order valence-electron chi connectivity index (χ2n) is 9.80. The number of carbonyl (C=O) groups is 2. The van der Waals surface area contributed by atoms with Crippen molar-refractivity contribution in [1.29, 1.82) is 0 Å². The number of amides is 1. The minimum atomic E-state index is -1.10. The molecule has 1 saturated carbocycles. The van der Waals surface area contributed by atoms with Crippen LogP contribution in [-0.2, 0) is 9.53 Å². The van der Waals surface area contributed by atoms with E-state index in [1.807, 2.05) is 30.3 Å². The van der Waals surface area contributed by atoms with Gasteiger partial charge < -0.3 is 19.5 Å². The standard InChI is InChI=1S/C30H31ClN4O5/c1-38-25-9-8-10-26(39-2)27(25)24-18-22(28(36)33-30(29(37)40-3)14-6-4-5-7-15-30)34-35(24)23-13-16-32-21-17-19(31)11-12-20(21)23/h8-13,16-18H,4-7,14-15H2,1-3H3,(H,33,36). The third-order valence-corrected chi connectivity index (χ3v) is 7.66. The van der Waals surface area contributed by atoms with Crippen molar-refractivity contribution in [3.63, 3.8) is 0 Å². The summed E-state index contributed by atoms with van der Waals surface area (Å²) in [5.74, 6) is 0.181. The van der Waals surface area contributed by atoms with Crippen LogP contribution in [0, 0.1) is 0 Å². The van der Waals surface area contributed by atoms with E-state index >= 15 is 0 Å². The highest BCUT2D eigenvalue weighted by atomic mass is 35.5. The zero-order valence-electron chi connectivity index (χ0n) is 22.7. The van der Waals surface area contributed by atoms with Crippen molar-refractivity contribution < 1.29 is 23.8 Å². The summed E-state index contributed by atoms with van der Waals surface area (Å²) in [5.41, 5.74) is 1.57. The molecule has 0 spiro atoms. The molecule has 10 heteroatoms. The number of fused-ring (bicyclic) bond motifs is 1. The molecule has 4 aromatic rings. The highest BCUT2D eigenvalue weighted by Gasteiger charge is 2.42. The number of hydrogen-bond donors (Lipinski definition) is 1. The van der Waals surface area contributed by atoms with E-state index in [2.05, 4.69) is 10.3 Å². The van der Waals surface area contributed by atoms with Crippen LogP contribution in [0.1, 0.15) is 49.0 Å². The van der Waals surface area contributed by atoms with Crippen molar-refractivity contribution in [2.24, 2.45) is 0 Å². The van der Waals surface area contributed by atoms with Crippen LogP contribution in [-0.4, -0.2) is 53.5 Å². The molecule has 1 N–H and O–H groups in total. The van der Waals surface area contributed by atoms with Gasteiger partial charge in [0.25, 0.3) is 5.91 Å². The molecule has 1 aliphatic rings. The molecule has 0 bridgehead atoms. The molecule has 0 saturated heterocycles. The van der Waals surface area contributed by atoms with Gasteiger partial charge in [-0.1, -0.05) is 43.4 Å². The summed E-state index contributed by atoms with van der Waals surface area (Å²) in [6.07, 6.45) is 6.32. The minimum absolute atomic E-state index is 0.134. The van der Waals surface area contributed by atoms with Gasteiger partial charge in [-0.05, 0) is 55.3 Å². The highest BCUT2D eigenvalue weighted by Crippen LogP contribution is 2.40. The summed E-state index contributed by atoms with van der Waals surface area (Å²) >= 11 is 6.24. The molecule has 0 unspecified atom stereocenters. The fraction of sp³-hybridized carbons (Fsp3) is 0.333. The summed E-state index contributed by atoms with van der Waals surface area (Å²) in [7, 11) is 4.49. The predicted molar refractivity (Wildman–Crippen MR) is 152 cm³/mol. The van der Waals surface area contributed by atoms with Gasteiger partial charge in [0.1, 0.15) is 17.0 Å². The summed E-state index contributed by atoms with van der Waals surface area (Å²) in [6.45, 7) is 0. The molecule has 2 heterocycles. The molecule has 2 aromatic carbocycles. The lowest BCUT2D eigenvalue weighted by atomic mass is 9.90. The molecule has 9 nitrogen and oxygen atoms in total. The number of benzene rings is 2. The van der Waals surface area contributed by atoms with Gasteiger partial charge in [0.2, 0.25) is 0 Å². The molecule has 1 aliphatic carbocycles. The smallest absolute Gasteiger partial charge is 0.331 e. The summed E-state index contributed by atoms with van der Waals surface area (Å²) in [6, 6.07) is 14.4. The Hall–Kier alpha value is -4.11. The number of nitrogens with one attached hydrogen (secondary N) is 1. The van der Waals surface area contributed by atoms with Crippen LogP contribution in [0.5, 0.6) is 11.5 Å². The summed E-state index contributed by atoms with van der Waals surface area (Å²) < 4.78 is 18.2. The largest absolute Gasteiger partial charge is 0.496 e. The number of pyridine rings is 1. The van der Waals surface area contributed by atoms with E-state index in [9.17, 15) is 9.59 Å². The Morgan fingerprint density at radius 1 is 0.950 bits per heavy atom. The number of methoxy groups -OCH3 is 3. The van der Waals surface area contributed by atoms with Crippen LogP contribution < -0.4 is 14.8 Å². The van der Waals surface area contributed by atoms with E-state index in [1.165, 1.54) is 7.11 Å². The van der Waals surface area contributed by atoms with E-state index in [0.717, 1.165) is 31.1 Å². The number of esters is 1. The summed E-state index contributed by atoms with van der Waals surface area (Å²) in [4.78, 5) is 31.2. The number of halogens is 1. The van der Waals surface area contributed by atoms with Gasteiger partial charge in [-0.3, -0.25) is 9.78 Å². The number of hydrogen-bond acceptors (Lipinski definition) is 7. The Labute approximate surface area is 237 Å². The van der Waals surface area contributed by atoms with E-state index in [1.54, 1.807) is 43.3 Å². The lowest BCUT2D eigenvalue weighted by Crippen LogP contribution is -2.54. The fourth-order valence-corrected chi connectivity index (χ4v) is 5.60. The molecule has 1 fully saturated rings. The van der Waals surface area contributed by atoms with E-state index in [4.69, 9.17) is 30.9 Å². The van der Waals surface area contributed by atoms with Crippen molar-refractivity contribution in [1.82, 2.24) is 20.1 Å². The predicted octanol–water partition coefficient (Wildman–Crippen LogP) is 5.75. The SMILES string of the molecule is COC(=O)C1(NC(=O)c2cc(-c3c(OC)cccc3OC)n(-c3ccnc4cc(Cl)ccc34)n2)CCCCCC1. The van der Waals surface area contributed by atoms with Gasteiger partial charge in [-0.25, -0.2) is 9.48 Å². The Bertz CT molecular complexity index is 1540. The number of aromatic nitrogens is 3. The Morgan fingerprint density at radius 2 is 1.65 bits per heavy atom. The fourth-order valence-electron chi connectivity index (χ4n) is 5.44. The van der Waals surface area contributed by atoms with Gasteiger partial charge in [-0.2, -0.15) is 5.10 Å². The average molecular weight is 563 g/mol. The quantitative estimate of drug-likeness (QED) is 0.226. The van der Waals surface area contributed by atoms with Gasteiger partial charge in [-0.15, -0.1) is 0 Å². The highest BCUT2D eigenvalue weighted by molar-refractivity contribution is 6.31. The molecule has 0 radical (unpaired) electrons. The molecule has 208 valence electrons. The second kappa shape index (κ2) is 11.6. The van der Waals surface area contributed by atoms with Crippen LogP contribution in [0.4, 0.5) is 0 Å². The van der Waals surface area contributed by atoms with Gasteiger partial charge in [0.15, 0.2) is 5.69 Å². The van der Waals surface area contributed by atoms with Crippen LogP contribution in [0.3, 0.4) is 0 Å². The third kappa shape index (κ3) is 5.09. The number of ether oxygens (including phenoxy) is 3. The number of rotatable bonds is 7. The monoisotopic (exact) mass is 562 g/mol. The maximum atomic E-state index is 13.8. The maximum Gasteiger partial charge on any atom is 0.331 e. The van der Waals surface area contributed by atoms with Crippen LogP contribution in [0.15, 0.2) is 54.7 Å². The molecule has 40 heavy (non-hydrogen) atoms. The number of nitrogens with zero attached hydrogens (tertiary/aromatic N) is 3. The lowest BCUT2D eigenvalue weighted by Gasteiger charge is -2.30. The zero-order valence-corrected chi connectivity index (χ0v) is 23.5. The van der Waals surface area contributed by atoms with Gasteiger partial charge in [0.05, 0.1) is 43.8 Å². The molecule has 2 aromatic heterocycles. The van der Waals surface area contributed by atoms with E-state index in [0.29, 0.717) is 51.8 Å². The number of carbonyl (C=O) groups excluding carboxylic acids is 2. The third-order valence-electron chi connectivity index (χ3n) is 7.42. The Balaban J connectivity index is 1.69. The second-order valence-corrected chi connectivity index (χ2v) is 10.2. The Kier molecular flexibility index (Phi) is 7.93. The first-order chi connectivity index (χ1) is 19.4. The molecule has 0 atom stereocenters. The van der Waals surface area contributed by atoms with Gasteiger partial charge >= 0.3 is 5.97 Å². The first-order valence-electron chi connectivity index (χ1n) is 13.2. The van der Waals surface area contributed by atoms with Crippen molar-refractivity contribution in [3.05, 3.63) is 65.4 Å². The molecule has 5 rings (SSSR count). The van der Waals surface area contributed by atoms with Crippen molar-refractivity contribution >= 4 is 34.4 Å². The normalized spacial score (nSPS) is 14.8. The summed E-state index contributed by atoms with van der Waals surface area (Å²) in [5, 5.41) is 9.11. The van der Waals surface area contributed by atoms with Gasteiger partial charge in [0, 0.05) is 16.6 Å². The van der Waals surface area contributed by atoms with Crippen LogP contribution in [0.25, 0.3) is 27.8 Å². The molecule has 1 amide bonds. The van der Waals surface area contributed by atoms with E-state index < -0.39 is 17.4 Å². The average Bonchev–Trinajstić information content (AvgIpc) is 3.28. The van der Waals surface area contributed by atoms with Crippen LogP contribution >= 0.6 is 11.6 Å². The first-order valence-corrected chi connectivity index (χ1v) is 13.6. The molecular weight excluding hydrogens is 532 g/mol. The molecule has 0 aliphatic heterocycles. The van der Waals surface area contributed by atoms with Crippen LogP contribution in [0.2, 0.25) is 5.02 Å². The zero-order chi connectivity index (χ0) is 28.3. The van der Waals surface area contributed by atoms with Crippen molar-refractivity contribution in [3.8, 4) is 28.4 Å². The maximum absolute atomic E-state index is 13.8. The topological polar surface area (TPSA) is 105 Å². The first kappa shape index (κ1) is 27.5. The minimum Gasteiger partial charge on any atom is -0.496 e. The lowest BCUT2D eigenvalue weighted by molar-refractivity contribution is -0.148. The Morgan fingerprint density at radius 3 is 2.30 bits per heavy atom.